The molecule has 0 radical (unpaired) electrons. The first-order valence-corrected chi connectivity index (χ1v) is 11.7. The van der Waals surface area contributed by atoms with E-state index in [2.05, 4.69) is 27.0 Å². The Bertz CT molecular complexity index is 1050. The van der Waals surface area contributed by atoms with Gasteiger partial charge in [-0.1, -0.05) is 61.5 Å². The number of carbonyl (C=O) groups is 1. The van der Waals surface area contributed by atoms with Gasteiger partial charge in [0.1, 0.15) is 5.82 Å². The van der Waals surface area contributed by atoms with E-state index in [9.17, 15) is 4.79 Å². The number of benzene rings is 2. The van der Waals surface area contributed by atoms with Crippen molar-refractivity contribution < 1.29 is 4.79 Å². The van der Waals surface area contributed by atoms with Crippen LogP contribution in [0.5, 0.6) is 0 Å². The number of aryl methyl sites for hydroxylation is 1. The minimum atomic E-state index is -0.0674. The quantitative estimate of drug-likeness (QED) is 0.459. The molecule has 4 rings (SSSR count). The molecular weight excluding hydrogens is 416 g/mol. The van der Waals surface area contributed by atoms with E-state index in [1.54, 1.807) is 0 Å². The fraction of sp³-hybridized carbons (Fsp3) is 0.348. The van der Waals surface area contributed by atoms with Gasteiger partial charge in [-0.3, -0.25) is 9.36 Å². The number of nitrogens with zero attached hydrogens (tertiary/aromatic N) is 3. The maximum absolute atomic E-state index is 12.8. The normalized spacial score (nSPS) is 13.4. The van der Waals surface area contributed by atoms with Crippen molar-refractivity contribution in [1.29, 1.82) is 0 Å². The van der Waals surface area contributed by atoms with E-state index in [1.165, 1.54) is 11.8 Å². The first kappa shape index (κ1) is 20.9. The van der Waals surface area contributed by atoms with Crippen LogP contribution < -0.4 is 5.32 Å². The zero-order valence-corrected chi connectivity index (χ0v) is 18.8. The molecule has 30 heavy (non-hydrogen) atoms. The molecule has 7 heteroatoms. The van der Waals surface area contributed by atoms with Crippen LogP contribution >= 0.6 is 23.4 Å². The molecule has 0 bridgehead atoms. The highest BCUT2D eigenvalue weighted by Crippen LogP contribution is 2.41. The fourth-order valence-corrected chi connectivity index (χ4v) is 4.62. The standard InChI is InChI=1S/C23H25ClN4OS/c1-3-15-12-13-19(24)18(4-2)21(15)25-20(29)14-30-23-27-26-22(16-10-11-16)28(23)17-8-6-5-7-9-17/h5-9,12-13,16H,3-4,10-11,14H2,1-2H3,(H,25,29). The Morgan fingerprint density at radius 3 is 2.57 bits per heavy atom. The summed E-state index contributed by atoms with van der Waals surface area (Å²) in [5.74, 6) is 1.64. The zero-order chi connectivity index (χ0) is 21.1. The lowest BCUT2D eigenvalue weighted by Crippen LogP contribution is -2.17. The van der Waals surface area contributed by atoms with Crippen molar-refractivity contribution in [1.82, 2.24) is 14.8 Å². The molecule has 1 amide bonds. The number of hydrogen-bond acceptors (Lipinski definition) is 4. The number of carbonyl (C=O) groups excluding carboxylic acids is 1. The molecule has 0 spiro atoms. The number of para-hydroxylation sites is 1. The second-order valence-corrected chi connectivity index (χ2v) is 8.74. The maximum Gasteiger partial charge on any atom is 0.234 e. The molecule has 2 aromatic carbocycles. The van der Waals surface area contributed by atoms with Crippen LogP contribution in [0, 0.1) is 0 Å². The molecule has 1 aliphatic carbocycles. The summed E-state index contributed by atoms with van der Waals surface area (Å²) in [7, 11) is 0. The second kappa shape index (κ2) is 9.23. The number of amides is 1. The van der Waals surface area contributed by atoms with Crippen molar-refractivity contribution in [3.63, 3.8) is 0 Å². The molecule has 1 fully saturated rings. The number of anilines is 1. The Hall–Kier alpha value is -2.31. The van der Waals surface area contributed by atoms with E-state index in [1.807, 2.05) is 49.4 Å². The molecule has 0 atom stereocenters. The van der Waals surface area contributed by atoms with Crippen LogP contribution in [0.1, 0.15) is 49.6 Å². The van der Waals surface area contributed by atoms with Gasteiger partial charge in [0.05, 0.1) is 5.75 Å². The summed E-state index contributed by atoms with van der Waals surface area (Å²) in [6.07, 6.45) is 3.89. The van der Waals surface area contributed by atoms with Crippen molar-refractivity contribution >= 4 is 35.0 Å². The molecule has 3 aromatic rings. The van der Waals surface area contributed by atoms with E-state index in [-0.39, 0.29) is 11.7 Å². The molecule has 1 aromatic heterocycles. The minimum absolute atomic E-state index is 0.0674. The van der Waals surface area contributed by atoms with Gasteiger partial charge < -0.3 is 5.32 Å². The molecule has 1 heterocycles. The van der Waals surface area contributed by atoms with Gasteiger partial charge in [-0.05, 0) is 55.0 Å². The van der Waals surface area contributed by atoms with E-state index in [0.717, 1.165) is 59.2 Å². The van der Waals surface area contributed by atoms with Crippen LogP contribution in [0.15, 0.2) is 47.6 Å². The lowest BCUT2D eigenvalue weighted by atomic mass is 10.0. The fourth-order valence-electron chi connectivity index (χ4n) is 3.57. The summed E-state index contributed by atoms with van der Waals surface area (Å²) < 4.78 is 2.09. The van der Waals surface area contributed by atoms with Gasteiger partial charge in [-0.25, -0.2) is 0 Å². The van der Waals surface area contributed by atoms with E-state index in [0.29, 0.717) is 10.9 Å². The highest BCUT2D eigenvalue weighted by molar-refractivity contribution is 7.99. The second-order valence-electron chi connectivity index (χ2n) is 7.39. The third-order valence-electron chi connectivity index (χ3n) is 5.29. The van der Waals surface area contributed by atoms with Crippen molar-refractivity contribution in [2.45, 2.75) is 50.6 Å². The Balaban J connectivity index is 1.53. The van der Waals surface area contributed by atoms with Crippen LogP contribution in [-0.2, 0) is 17.6 Å². The number of aromatic nitrogens is 3. The number of hydrogen-bond donors (Lipinski definition) is 1. The highest BCUT2D eigenvalue weighted by atomic mass is 35.5. The smallest absolute Gasteiger partial charge is 0.234 e. The molecule has 5 nitrogen and oxygen atoms in total. The zero-order valence-electron chi connectivity index (χ0n) is 17.2. The van der Waals surface area contributed by atoms with Gasteiger partial charge in [-0.15, -0.1) is 10.2 Å². The van der Waals surface area contributed by atoms with Gasteiger partial charge >= 0.3 is 0 Å². The SMILES string of the molecule is CCc1ccc(Cl)c(CC)c1NC(=O)CSc1nnc(C2CC2)n1-c1ccccc1. The first-order valence-electron chi connectivity index (χ1n) is 10.4. The van der Waals surface area contributed by atoms with Gasteiger partial charge in [-0.2, -0.15) is 0 Å². The largest absolute Gasteiger partial charge is 0.325 e. The monoisotopic (exact) mass is 440 g/mol. The van der Waals surface area contributed by atoms with Crippen LogP contribution in [0.2, 0.25) is 5.02 Å². The van der Waals surface area contributed by atoms with Gasteiger partial charge in [0.15, 0.2) is 5.16 Å². The lowest BCUT2D eigenvalue weighted by molar-refractivity contribution is -0.113. The van der Waals surface area contributed by atoms with E-state index >= 15 is 0 Å². The molecule has 0 unspecified atom stereocenters. The third-order valence-corrected chi connectivity index (χ3v) is 6.57. The van der Waals surface area contributed by atoms with Crippen molar-refractivity contribution in [3.05, 3.63) is 64.4 Å². The molecule has 0 saturated heterocycles. The van der Waals surface area contributed by atoms with Crippen molar-refractivity contribution in [3.8, 4) is 5.69 Å². The lowest BCUT2D eigenvalue weighted by Gasteiger charge is -2.16. The molecule has 156 valence electrons. The number of thioether (sulfide) groups is 1. The van der Waals surface area contributed by atoms with E-state index in [4.69, 9.17) is 11.6 Å². The van der Waals surface area contributed by atoms with Crippen LogP contribution in [-0.4, -0.2) is 26.4 Å². The Labute approximate surface area is 186 Å². The molecular formula is C23H25ClN4OS. The van der Waals surface area contributed by atoms with Crippen molar-refractivity contribution in [2.75, 3.05) is 11.1 Å². The average molecular weight is 441 g/mol. The Morgan fingerprint density at radius 2 is 1.90 bits per heavy atom. The van der Waals surface area contributed by atoms with Crippen LogP contribution in [0.4, 0.5) is 5.69 Å². The topological polar surface area (TPSA) is 59.8 Å². The predicted molar refractivity (Wildman–Crippen MR) is 123 cm³/mol. The number of rotatable bonds is 8. The Kier molecular flexibility index (Phi) is 6.44. The number of nitrogens with one attached hydrogen (secondary N) is 1. The summed E-state index contributed by atoms with van der Waals surface area (Å²) in [5.41, 5.74) is 3.96. The summed E-state index contributed by atoms with van der Waals surface area (Å²) in [5, 5.41) is 13.3. The van der Waals surface area contributed by atoms with Crippen LogP contribution in [0.3, 0.4) is 0 Å². The van der Waals surface area contributed by atoms with E-state index < -0.39 is 0 Å². The maximum atomic E-state index is 12.8. The predicted octanol–water partition coefficient (Wildman–Crippen LogP) is 5.65. The summed E-state index contributed by atoms with van der Waals surface area (Å²) in [6, 6.07) is 14.0. The summed E-state index contributed by atoms with van der Waals surface area (Å²) in [6.45, 7) is 4.13. The first-order chi connectivity index (χ1) is 14.6. The van der Waals surface area contributed by atoms with Gasteiger partial charge in [0, 0.05) is 22.3 Å². The highest BCUT2D eigenvalue weighted by Gasteiger charge is 2.31. The third kappa shape index (κ3) is 4.40. The summed E-state index contributed by atoms with van der Waals surface area (Å²) >= 11 is 7.77. The average Bonchev–Trinajstić information content (AvgIpc) is 3.52. The summed E-state index contributed by atoms with van der Waals surface area (Å²) in [4.78, 5) is 12.8. The molecule has 0 aliphatic heterocycles. The van der Waals surface area contributed by atoms with Gasteiger partial charge in [0.2, 0.25) is 5.91 Å². The molecule has 1 saturated carbocycles. The van der Waals surface area contributed by atoms with Gasteiger partial charge in [0.25, 0.3) is 0 Å². The molecule has 1 N–H and O–H groups in total. The molecule has 1 aliphatic rings. The van der Waals surface area contributed by atoms with Crippen molar-refractivity contribution in [2.24, 2.45) is 0 Å². The Morgan fingerprint density at radius 1 is 1.13 bits per heavy atom. The minimum Gasteiger partial charge on any atom is -0.325 e. The van der Waals surface area contributed by atoms with Crippen LogP contribution in [0.25, 0.3) is 5.69 Å². The number of halogens is 1.